The van der Waals surface area contributed by atoms with E-state index in [0.29, 0.717) is 24.0 Å². The number of hydrogen-bond acceptors (Lipinski definition) is 5. The number of benzene rings is 1. The van der Waals surface area contributed by atoms with E-state index in [9.17, 15) is 4.79 Å². The Labute approximate surface area is 116 Å². The van der Waals surface area contributed by atoms with Crippen LogP contribution in [0.4, 0.5) is 0 Å². The monoisotopic (exact) mass is 276 g/mol. The molecule has 0 saturated heterocycles. The Hall–Kier alpha value is -2.37. The van der Waals surface area contributed by atoms with E-state index >= 15 is 0 Å². The van der Waals surface area contributed by atoms with Crippen LogP contribution < -0.4 is 4.74 Å². The van der Waals surface area contributed by atoms with Gasteiger partial charge in [-0.15, -0.1) is 10.2 Å². The van der Waals surface area contributed by atoms with Crippen molar-refractivity contribution in [1.82, 2.24) is 10.2 Å². The smallest absolute Gasteiger partial charge is 0.303 e. The summed E-state index contributed by atoms with van der Waals surface area (Å²) >= 11 is 0. The van der Waals surface area contributed by atoms with E-state index in [2.05, 4.69) is 10.2 Å². The van der Waals surface area contributed by atoms with E-state index in [1.165, 1.54) is 0 Å². The molecule has 0 radical (unpaired) electrons. The first-order valence-corrected chi connectivity index (χ1v) is 6.27. The predicted octanol–water partition coefficient (Wildman–Crippen LogP) is 2.40. The second-order valence-electron chi connectivity index (χ2n) is 4.61. The first-order chi connectivity index (χ1) is 9.60. The molecule has 0 aliphatic heterocycles. The van der Waals surface area contributed by atoms with Gasteiger partial charge in [0.25, 0.3) is 5.89 Å². The highest BCUT2D eigenvalue weighted by Gasteiger charge is 2.16. The van der Waals surface area contributed by atoms with Gasteiger partial charge in [0, 0.05) is 12.8 Å². The zero-order chi connectivity index (χ0) is 14.5. The number of aliphatic carboxylic acids is 1. The van der Waals surface area contributed by atoms with Crippen LogP contribution in [0.5, 0.6) is 5.75 Å². The highest BCUT2D eigenvalue weighted by molar-refractivity contribution is 5.67. The van der Waals surface area contributed by atoms with Crippen LogP contribution in [0.3, 0.4) is 0 Å². The Morgan fingerprint density at radius 1 is 1.40 bits per heavy atom. The Balaban J connectivity index is 2.14. The van der Waals surface area contributed by atoms with Crippen LogP contribution >= 0.6 is 0 Å². The molecule has 1 atom stereocenters. The Kier molecular flexibility index (Phi) is 4.34. The number of carbonyl (C=O) groups is 1. The van der Waals surface area contributed by atoms with Gasteiger partial charge < -0.3 is 14.3 Å². The third kappa shape index (κ3) is 3.34. The molecule has 2 aromatic rings. The van der Waals surface area contributed by atoms with Crippen molar-refractivity contribution in [2.45, 2.75) is 19.8 Å². The molecule has 1 aromatic carbocycles. The van der Waals surface area contributed by atoms with Crippen molar-refractivity contribution < 1.29 is 19.1 Å². The Bertz CT molecular complexity index is 594. The molecule has 0 fully saturated rings. The average molecular weight is 276 g/mol. The molecule has 1 N–H and O–H groups in total. The summed E-state index contributed by atoms with van der Waals surface area (Å²) in [6, 6.07) is 7.35. The molecule has 0 spiro atoms. The van der Waals surface area contributed by atoms with Crippen molar-refractivity contribution in [2.75, 3.05) is 7.11 Å². The predicted molar refractivity (Wildman–Crippen MR) is 71.4 cm³/mol. The molecule has 2 rings (SSSR count). The normalized spacial score (nSPS) is 12.1. The van der Waals surface area contributed by atoms with Crippen LogP contribution in [0.25, 0.3) is 11.5 Å². The minimum Gasteiger partial charge on any atom is -0.496 e. The summed E-state index contributed by atoms with van der Waals surface area (Å²) in [5, 5.41) is 16.7. The van der Waals surface area contributed by atoms with Crippen LogP contribution in [0.1, 0.15) is 19.2 Å². The number of carboxylic acids is 1. The molecule has 6 nitrogen and oxygen atoms in total. The minimum atomic E-state index is -0.832. The standard InChI is InChI=1S/C14H16N2O4/c1-9(8-13(17)18)7-12-15-16-14(20-12)10-5-3-4-6-11(10)19-2/h3-6,9H,7-8H2,1-2H3,(H,17,18). The molecule has 0 amide bonds. The molecule has 0 bridgehead atoms. The summed E-state index contributed by atoms with van der Waals surface area (Å²) < 4.78 is 10.8. The molecular weight excluding hydrogens is 260 g/mol. The molecule has 0 aliphatic rings. The lowest BCUT2D eigenvalue weighted by molar-refractivity contribution is -0.137. The van der Waals surface area contributed by atoms with Crippen LogP contribution in [0.2, 0.25) is 0 Å². The second kappa shape index (κ2) is 6.18. The highest BCUT2D eigenvalue weighted by Crippen LogP contribution is 2.28. The topological polar surface area (TPSA) is 85.5 Å². The summed E-state index contributed by atoms with van der Waals surface area (Å²) in [6.07, 6.45) is 0.515. The molecule has 1 heterocycles. The number of methoxy groups -OCH3 is 1. The average Bonchev–Trinajstić information content (AvgIpc) is 2.85. The summed E-state index contributed by atoms with van der Waals surface area (Å²) in [7, 11) is 1.57. The van der Waals surface area contributed by atoms with Crippen molar-refractivity contribution >= 4 is 5.97 Å². The van der Waals surface area contributed by atoms with Gasteiger partial charge in [-0.1, -0.05) is 19.1 Å². The van der Waals surface area contributed by atoms with Gasteiger partial charge >= 0.3 is 5.97 Å². The zero-order valence-corrected chi connectivity index (χ0v) is 11.4. The maximum atomic E-state index is 10.6. The Morgan fingerprint density at radius 3 is 2.85 bits per heavy atom. The molecule has 106 valence electrons. The second-order valence-corrected chi connectivity index (χ2v) is 4.61. The zero-order valence-electron chi connectivity index (χ0n) is 11.4. The number of hydrogen-bond donors (Lipinski definition) is 1. The third-order valence-corrected chi connectivity index (χ3v) is 2.85. The number of ether oxygens (including phenoxy) is 1. The SMILES string of the molecule is COc1ccccc1-c1nnc(CC(C)CC(=O)O)o1. The number of nitrogens with zero attached hydrogens (tertiary/aromatic N) is 2. The van der Waals surface area contributed by atoms with Crippen LogP contribution in [-0.2, 0) is 11.2 Å². The Morgan fingerprint density at radius 2 is 2.15 bits per heavy atom. The quantitative estimate of drug-likeness (QED) is 0.872. The summed E-state index contributed by atoms with van der Waals surface area (Å²) in [5.74, 6) is 0.571. The van der Waals surface area contributed by atoms with Gasteiger partial charge in [0.2, 0.25) is 5.89 Å². The van der Waals surface area contributed by atoms with E-state index in [1.807, 2.05) is 31.2 Å². The fourth-order valence-electron chi connectivity index (χ4n) is 1.93. The molecule has 20 heavy (non-hydrogen) atoms. The summed E-state index contributed by atoms with van der Waals surface area (Å²) in [4.78, 5) is 10.6. The van der Waals surface area contributed by atoms with E-state index < -0.39 is 5.97 Å². The van der Waals surface area contributed by atoms with Gasteiger partial charge in [0.1, 0.15) is 5.75 Å². The third-order valence-electron chi connectivity index (χ3n) is 2.85. The van der Waals surface area contributed by atoms with Crippen molar-refractivity contribution in [3.8, 4) is 17.2 Å². The summed E-state index contributed by atoms with van der Waals surface area (Å²) in [6.45, 7) is 1.83. The van der Waals surface area contributed by atoms with Crippen molar-refractivity contribution in [3.63, 3.8) is 0 Å². The van der Waals surface area contributed by atoms with Gasteiger partial charge in [-0.25, -0.2) is 0 Å². The molecule has 1 aromatic heterocycles. The first-order valence-electron chi connectivity index (χ1n) is 6.27. The largest absolute Gasteiger partial charge is 0.496 e. The van der Waals surface area contributed by atoms with Gasteiger partial charge in [-0.3, -0.25) is 4.79 Å². The highest BCUT2D eigenvalue weighted by atomic mass is 16.5. The maximum Gasteiger partial charge on any atom is 0.303 e. The van der Waals surface area contributed by atoms with Crippen LogP contribution in [0, 0.1) is 5.92 Å². The number of aromatic nitrogens is 2. The number of carboxylic acid groups (broad SMARTS) is 1. The lowest BCUT2D eigenvalue weighted by atomic mass is 10.0. The van der Waals surface area contributed by atoms with Crippen LogP contribution in [-0.4, -0.2) is 28.4 Å². The van der Waals surface area contributed by atoms with Crippen molar-refractivity contribution in [3.05, 3.63) is 30.2 Å². The number of para-hydroxylation sites is 1. The van der Waals surface area contributed by atoms with Crippen molar-refractivity contribution in [2.24, 2.45) is 5.92 Å². The van der Waals surface area contributed by atoms with Crippen LogP contribution in [0.15, 0.2) is 28.7 Å². The van der Waals surface area contributed by atoms with E-state index in [-0.39, 0.29) is 12.3 Å². The van der Waals surface area contributed by atoms with Gasteiger partial charge in [-0.2, -0.15) is 0 Å². The van der Waals surface area contributed by atoms with E-state index in [4.69, 9.17) is 14.3 Å². The lowest BCUT2D eigenvalue weighted by Gasteiger charge is -2.04. The fraction of sp³-hybridized carbons (Fsp3) is 0.357. The minimum absolute atomic E-state index is 0.0570. The first kappa shape index (κ1) is 14.0. The van der Waals surface area contributed by atoms with E-state index in [1.54, 1.807) is 7.11 Å². The van der Waals surface area contributed by atoms with Gasteiger partial charge in [0.15, 0.2) is 0 Å². The van der Waals surface area contributed by atoms with E-state index in [0.717, 1.165) is 5.56 Å². The lowest BCUT2D eigenvalue weighted by Crippen LogP contribution is -2.07. The molecule has 1 unspecified atom stereocenters. The molecule has 0 saturated carbocycles. The van der Waals surface area contributed by atoms with Crippen molar-refractivity contribution in [1.29, 1.82) is 0 Å². The van der Waals surface area contributed by atoms with Gasteiger partial charge in [0.05, 0.1) is 12.7 Å². The molecule has 6 heteroatoms. The number of rotatable bonds is 6. The molecular formula is C14H16N2O4. The molecule has 0 aliphatic carbocycles. The summed E-state index contributed by atoms with van der Waals surface area (Å²) in [5.41, 5.74) is 0.722. The maximum absolute atomic E-state index is 10.6. The fourth-order valence-corrected chi connectivity index (χ4v) is 1.93. The van der Waals surface area contributed by atoms with Gasteiger partial charge in [-0.05, 0) is 18.1 Å².